The molecule has 6 nitrogen and oxygen atoms in total. The predicted molar refractivity (Wildman–Crippen MR) is 132 cm³/mol. The summed E-state index contributed by atoms with van der Waals surface area (Å²) in [6.45, 7) is 0.482. The summed E-state index contributed by atoms with van der Waals surface area (Å²) in [5, 5.41) is 1.80. The van der Waals surface area contributed by atoms with Crippen molar-refractivity contribution in [1.29, 1.82) is 0 Å². The van der Waals surface area contributed by atoms with Crippen LogP contribution in [0.2, 0.25) is 20.1 Å². The smallest absolute Gasteiger partial charge is 0.337 e. The second kappa shape index (κ2) is 12.2. The molecule has 0 radical (unpaired) electrons. The highest BCUT2D eigenvalue weighted by molar-refractivity contribution is 7.95. The third kappa shape index (κ3) is 7.18. The number of nitrogens with one attached hydrogen (secondary N) is 1. The predicted octanol–water partition coefficient (Wildman–Crippen LogP) is 6.39. The van der Waals surface area contributed by atoms with E-state index in [1.165, 1.54) is 19.2 Å². The molecule has 176 valence electrons. The molecule has 0 bridgehead atoms. The van der Waals surface area contributed by atoms with Gasteiger partial charge in [-0.1, -0.05) is 58.5 Å². The molecule has 1 heterocycles. The normalized spacial score (nSPS) is 15.7. The van der Waals surface area contributed by atoms with Gasteiger partial charge in [0.1, 0.15) is 6.61 Å². The molecule has 1 N–H and O–H groups in total. The topological polar surface area (TPSA) is 67.9 Å². The summed E-state index contributed by atoms with van der Waals surface area (Å²) in [6.07, 6.45) is 2.51. The molecule has 0 amide bonds. The van der Waals surface area contributed by atoms with Gasteiger partial charge in [-0.15, -0.1) is 0 Å². The SMILES string of the molecule is COC(=O)CCCN1C=C(C(=O)OCc2ccc(Cl)cc2Cl)C(c2ccc(Cl)cc2Cl)NS1. The van der Waals surface area contributed by atoms with Crippen LogP contribution in [0.3, 0.4) is 0 Å². The van der Waals surface area contributed by atoms with E-state index >= 15 is 0 Å². The van der Waals surface area contributed by atoms with Gasteiger partial charge in [-0.25, -0.2) is 9.52 Å². The molecule has 3 rings (SSSR count). The molecule has 0 spiro atoms. The fourth-order valence-corrected chi connectivity index (χ4v) is 4.90. The highest BCUT2D eigenvalue weighted by Gasteiger charge is 2.31. The first-order valence-electron chi connectivity index (χ1n) is 9.82. The van der Waals surface area contributed by atoms with E-state index in [0.29, 0.717) is 49.8 Å². The van der Waals surface area contributed by atoms with Crippen LogP contribution in [0.25, 0.3) is 0 Å². The molecule has 11 heteroatoms. The molecular weight excluding hydrogens is 530 g/mol. The van der Waals surface area contributed by atoms with Crippen molar-refractivity contribution in [1.82, 2.24) is 9.03 Å². The van der Waals surface area contributed by atoms with E-state index in [1.54, 1.807) is 42.6 Å². The Kier molecular flexibility index (Phi) is 9.61. The minimum atomic E-state index is -0.539. The van der Waals surface area contributed by atoms with Crippen LogP contribution in [-0.4, -0.2) is 29.9 Å². The number of nitrogens with zero attached hydrogens (tertiary/aromatic N) is 1. The van der Waals surface area contributed by atoms with Gasteiger partial charge in [-0.3, -0.25) is 4.79 Å². The van der Waals surface area contributed by atoms with Crippen LogP contribution in [0.5, 0.6) is 0 Å². The molecule has 0 aromatic heterocycles. The lowest BCUT2D eigenvalue weighted by Crippen LogP contribution is -2.32. The van der Waals surface area contributed by atoms with E-state index in [4.69, 9.17) is 51.1 Å². The second-order valence-corrected chi connectivity index (χ2v) is 9.60. The van der Waals surface area contributed by atoms with Gasteiger partial charge in [0.2, 0.25) is 0 Å². The molecule has 1 aliphatic rings. The van der Waals surface area contributed by atoms with Gasteiger partial charge < -0.3 is 13.8 Å². The summed E-state index contributed by atoms with van der Waals surface area (Å²) in [4.78, 5) is 24.5. The van der Waals surface area contributed by atoms with E-state index < -0.39 is 12.0 Å². The molecule has 1 aliphatic heterocycles. The lowest BCUT2D eigenvalue weighted by Gasteiger charge is -2.31. The zero-order valence-electron chi connectivity index (χ0n) is 17.4. The van der Waals surface area contributed by atoms with Crippen LogP contribution in [0.1, 0.15) is 30.0 Å². The van der Waals surface area contributed by atoms with Crippen molar-refractivity contribution < 1.29 is 19.1 Å². The van der Waals surface area contributed by atoms with Gasteiger partial charge in [0.15, 0.2) is 0 Å². The molecule has 33 heavy (non-hydrogen) atoms. The number of esters is 2. The minimum Gasteiger partial charge on any atom is -0.469 e. The number of benzene rings is 2. The van der Waals surface area contributed by atoms with Gasteiger partial charge >= 0.3 is 11.9 Å². The lowest BCUT2D eigenvalue weighted by molar-refractivity contribution is -0.141. The Bertz CT molecular complexity index is 1070. The maximum Gasteiger partial charge on any atom is 0.337 e. The van der Waals surface area contributed by atoms with Gasteiger partial charge in [0.05, 0.1) is 18.7 Å². The molecule has 0 aliphatic carbocycles. The maximum absolute atomic E-state index is 13.1. The van der Waals surface area contributed by atoms with E-state index in [2.05, 4.69) is 9.46 Å². The average molecular weight is 550 g/mol. The first-order chi connectivity index (χ1) is 15.8. The first kappa shape index (κ1) is 26.0. The van der Waals surface area contributed by atoms with E-state index in [1.807, 2.05) is 4.31 Å². The number of hydrogen-bond acceptors (Lipinski definition) is 7. The van der Waals surface area contributed by atoms with E-state index in [-0.39, 0.29) is 19.0 Å². The number of ether oxygens (including phenoxy) is 2. The fraction of sp³-hybridized carbons (Fsp3) is 0.273. The van der Waals surface area contributed by atoms with Gasteiger partial charge in [0, 0.05) is 57.0 Å². The molecule has 0 saturated heterocycles. The monoisotopic (exact) mass is 548 g/mol. The van der Waals surface area contributed by atoms with Gasteiger partial charge in [-0.2, -0.15) is 0 Å². The summed E-state index contributed by atoms with van der Waals surface area (Å²) >= 11 is 25.9. The van der Waals surface area contributed by atoms with Crippen LogP contribution in [0, 0.1) is 0 Å². The summed E-state index contributed by atoms with van der Waals surface area (Å²) in [6, 6.07) is 9.50. The summed E-state index contributed by atoms with van der Waals surface area (Å²) in [5.41, 5.74) is 1.65. The van der Waals surface area contributed by atoms with Crippen molar-refractivity contribution in [2.75, 3.05) is 13.7 Å². The van der Waals surface area contributed by atoms with Crippen molar-refractivity contribution in [3.05, 3.63) is 79.4 Å². The fourth-order valence-electron chi connectivity index (χ4n) is 3.03. The number of hydrogen-bond donors (Lipinski definition) is 1. The van der Waals surface area contributed by atoms with Crippen LogP contribution in [-0.2, 0) is 25.7 Å². The Hall–Kier alpha value is -1.61. The largest absolute Gasteiger partial charge is 0.469 e. The van der Waals surface area contributed by atoms with E-state index in [0.717, 1.165) is 0 Å². The van der Waals surface area contributed by atoms with Gasteiger partial charge in [0.25, 0.3) is 0 Å². The Morgan fingerprint density at radius 3 is 2.42 bits per heavy atom. The van der Waals surface area contributed by atoms with Crippen molar-refractivity contribution in [3.63, 3.8) is 0 Å². The number of carbonyl (C=O) groups excluding carboxylic acids is 2. The third-order valence-electron chi connectivity index (χ3n) is 4.75. The average Bonchev–Trinajstić information content (AvgIpc) is 2.78. The highest BCUT2D eigenvalue weighted by Crippen LogP contribution is 2.36. The standard InChI is InChI=1S/C22H20Cl4N2O4S/c1-31-20(29)3-2-8-28-11-17(21(27-33-28)16-7-6-15(24)10-19(16)26)22(30)32-12-13-4-5-14(23)9-18(13)25/h4-7,9-11,21,27H,2-3,8,12H2,1H3. The van der Waals surface area contributed by atoms with Crippen LogP contribution in [0.4, 0.5) is 0 Å². The number of methoxy groups -OCH3 is 1. The molecule has 1 unspecified atom stereocenters. The number of halogens is 4. The van der Waals surface area contributed by atoms with E-state index in [9.17, 15) is 9.59 Å². The van der Waals surface area contributed by atoms with Crippen molar-refractivity contribution in [2.24, 2.45) is 0 Å². The Morgan fingerprint density at radius 2 is 1.76 bits per heavy atom. The van der Waals surface area contributed by atoms with Crippen LogP contribution in [0.15, 0.2) is 48.2 Å². The summed E-state index contributed by atoms with van der Waals surface area (Å²) < 4.78 is 15.3. The molecule has 1 atom stereocenters. The Morgan fingerprint density at radius 1 is 1.06 bits per heavy atom. The Labute approximate surface area is 216 Å². The first-order valence-corrected chi connectivity index (χ1v) is 12.1. The highest BCUT2D eigenvalue weighted by atomic mass is 35.5. The molecule has 0 fully saturated rings. The van der Waals surface area contributed by atoms with Crippen LogP contribution >= 0.6 is 58.5 Å². The minimum absolute atomic E-state index is 0.0251. The number of rotatable bonds is 8. The van der Waals surface area contributed by atoms with Crippen LogP contribution < -0.4 is 4.72 Å². The Balaban J connectivity index is 1.80. The van der Waals surface area contributed by atoms with Crippen molar-refractivity contribution in [2.45, 2.75) is 25.5 Å². The molecule has 2 aromatic carbocycles. The maximum atomic E-state index is 13.1. The molecular formula is C22H20Cl4N2O4S. The van der Waals surface area contributed by atoms with Crippen molar-refractivity contribution >= 4 is 70.5 Å². The number of carbonyl (C=O) groups is 2. The quantitative estimate of drug-likeness (QED) is 0.302. The zero-order valence-corrected chi connectivity index (χ0v) is 21.3. The molecule has 0 saturated carbocycles. The molecule has 2 aromatic rings. The van der Waals surface area contributed by atoms with Crippen molar-refractivity contribution in [3.8, 4) is 0 Å². The second-order valence-electron chi connectivity index (χ2n) is 7.02. The summed E-state index contributed by atoms with van der Waals surface area (Å²) in [5.74, 6) is -0.831. The summed E-state index contributed by atoms with van der Waals surface area (Å²) in [7, 11) is 1.35. The lowest BCUT2D eigenvalue weighted by atomic mass is 10.00. The third-order valence-corrected chi connectivity index (χ3v) is 6.77. The van der Waals surface area contributed by atoms with Gasteiger partial charge in [-0.05, 0) is 36.2 Å². The zero-order chi connectivity index (χ0) is 24.0.